The first-order valence-corrected chi connectivity index (χ1v) is 6.76. The molecule has 0 spiro atoms. The first-order valence-electron chi connectivity index (χ1n) is 6.76. The highest BCUT2D eigenvalue weighted by Gasteiger charge is 2.36. The summed E-state index contributed by atoms with van der Waals surface area (Å²) in [4.78, 5) is 30.1. The molecule has 2 N–H and O–H groups in total. The molecule has 1 aliphatic rings. The number of likely N-dealkylation sites (tertiary alicyclic amines) is 1. The predicted molar refractivity (Wildman–Crippen MR) is 77.1 cm³/mol. The maximum atomic E-state index is 12.2. The van der Waals surface area contributed by atoms with Crippen LogP contribution in [-0.4, -0.2) is 62.0 Å². The molecule has 0 radical (unpaired) electrons. The summed E-state index contributed by atoms with van der Waals surface area (Å²) in [5, 5.41) is 5.55. The van der Waals surface area contributed by atoms with Crippen molar-refractivity contribution in [2.75, 3.05) is 34.3 Å². The number of nitrogens with zero attached hydrogens (tertiary/aromatic N) is 2. The Bertz CT molecular complexity index is 517. The van der Waals surface area contributed by atoms with Crippen molar-refractivity contribution in [3.8, 4) is 5.88 Å². The fourth-order valence-electron chi connectivity index (χ4n) is 2.48. The van der Waals surface area contributed by atoms with E-state index in [0.29, 0.717) is 24.5 Å². The first-order chi connectivity index (χ1) is 10.0. The van der Waals surface area contributed by atoms with Crippen LogP contribution in [0, 0.1) is 5.92 Å². The maximum absolute atomic E-state index is 12.2. The van der Waals surface area contributed by atoms with Gasteiger partial charge in [0.05, 0.1) is 24.6 Å². The van der Waals surface area contributed by atoms with Gasteiger partial charge in [0.2, 0.25) is 11.8 Å². The van der Waals surface area contributed by atoms with Gasteiger partial charge in [-0.3, -0.25) is 9.59 Å². The lowest BCUT2D eigenvalue weighted by molar-refractivity contribution is -0.124. The van der Waals surface area contributed by atoms with E-state index in [0.717, 1.165) is 0 Å². The first kappa shape index (κ1) is 15.2. The SMILES string of the molecule is CNC(=O)[C@@H]1CN(C)C[C@@H]1NC(=O)c1ccc(OC)nc1. The number of ether oxygens (including phenoxy) is 1. The third kappa shape index (κ3) is 3.49. The lowest BCUT2D eigenvalue weighted by Crippen LogP contribution is -2.45. The second-order valence-corrected chi connectivity index (χ2v) is 5.11. The van der Waals surface area contributed by atoms with Crippen molar-refractivity contribution in [2.45, 2.75) is 6.04 Å². The summed E-state index contributed by atoms with van der Waals surface area (Å²) < 4.78 is 4.96. The summed E-state index contributed by atoms with van der Waals surface area (Å²) >= 11 is 0. The highest BCUT2D eigenvalue weighted by Crippen LogP contribution is 2.16. The molecule has 0 aliphatic carbocycles. The number of pyridine rings is 1. The number of likely N-dealkylation sites (N-methyl/N-ethyl adjacent to an activating group) is 1. The van der Waals surface area contributed by atoms with Gasteiger partial charge in [-0.05, 0) is 13.1 Å². The Hall–Kier alpha value is -2.15. The number of nitrogens with one attached hydrogen (secondary N) is 2. The number of methoxy groups -OCH3 is 1. The molecule has 21 heavy (non-hydrogen) atoms. The zero-order valence-electron chi connectivity index (χ0n) is 12.4. The molecule has 0 aromatic carbocycles. The molecule has 7 nitrogen and oxygen atoms in total. The van der Waals surface area contributed by atoms with Crippen LogP contribution in [-0.2, 0) is 4.79 Å². The van der Waals surface area contributed by atoms with Crippen LogP contribution in [0.25, 0.3) is 0 Å². The van der Waals surface area contributed by atoms with E-state index >= 15 is 0 Å². The molecule has 7 heteroatoms. The maximum Gasteiger partial charge on any atom is 0.253 e. The van der Waals surface area contributed by atoms with E-state index in [4.69, 9.17) is 4.74 Å². The monoisotopic (exact) mass is 292 g/mol. The summed E-state index contributed by atoms with van der Waals surface area (Å²) in [6, 6.07) is 3.07. The standard InChI is InChI=1S/C14H20N4O3/c1-15-14(20)10-7-18(2)8-11(10)17-13(19)9-4-5-12(21-3)16-6-9/h4-6,10-11H,7-8H2,1-3H3,(H,15,20)(H,17,19)/t10-,11+/m1/s1. The van der Waals surface area contributed by atoms with Gasteiger partial charge in [0.1, 0.15) is 0 Å². The second kappa shape index (κ2) is 6.53. The number of hydrogen-bond donors (Lipinski definition) is 2. The lowest BCUT2D eigenvalue weighted by Gasteiger charge is -2.18. The van der Waals surface area contributed by atoms with Gasteiger partial charge in [-0.1, -0.05) is 0 Å². The third-order valence-corrected chi connectivity index (χ3v) is 3.61. The topological polar surface area (TPSA) is 83.6 Å². The van der Waals surface area contributed by atoms with Crippen LogP contribution in [0.2, 0.25) is 0 Å². The Morgan fingerprint density at radius 2 is 2.14 bits per heavy atom. The van der Waals surface area contributed by atoms with Crippen molar-refractivity contribution in [3.05, 3.63) is 23.9 Å². The number of carbonyl (C=O) groups is 2. The zero-order valence-corrected chi connectivity index (χ0v) is 12.4. The van der Waals surface area contributed by atoms with Crippen LogP contribution < -0.4 is 15.4 Å². The average Bonchev–Trinajstić information content (AvgIpc) is 2.87. The van der Waals surface area contributed by atoms with Crippen LogP contribution in [0.15, 0.2) is 18.3 Å². The molecule has 0 saturated carbocycles. The minimum Gasteiger partial charge on any atom is -0.481 e. The Labute approximate surface area is 123 Å². The van der Waals surface area contributed by atoms with E-state index in [1.54, 1.807) is 19.2 Å². The summed E-state index contributed by atoms with van der Waals surface area (Å²) in [5.74, 6) is -0.0811. The lowest BCUT2D eigenvalue weighted by atomic mass is 10.0. The van der Waals surface area contributed by atoms with Crippen molar-refractivity contribution < 1.29 is 14.3 Å². The highest BCUT2D eigenvalue weighted by molar-refractivity contribution is 5.94. The Balaban J connectivity index is 2.04. The van der Waals surface area contributed by atoms with E-state index < -0.39 is 0 Å². The fraction of sp³-hybridized carbons (Fsp3) is 0.500. The van der Waals surface area contributed by atoms with Gasteiger partial charge in [0, 0.05) is 32.4 Å². The minimum atomic E-state index is -0.241. The molecule has 114 valence electrons. The van der Waals surface area contributed by atoms with E-state index in [-0.39, 0.29) is 23.8 Å². The molecular formula is C14H20N4O3. The normalized spacial score (nSPS) is 21.9. The Kier molecular flexibility index (Phi) is 4.74. The Morgan fingerprint density at radius 3 is 2.71 bits per heavy atom. The number of carbonyl (C=O) groups excluding carboxylic acids is 2. The largest absolute Gasteiger partial charge is 0.481 e. The van der Waals surface area contributed by atoms with Gasteiger partial charge >= 0.3 is 0 Å². The smallest absolute Gasteiger partial charge is 0.253 e. The number of hydrogen-bond acceptors (Lipinski definition) is 5. The number of aromatic nitrogens is 1. The van der Waals surface area contributed by atoms with Crippen molar-refractivity contribution in [3.63, 3.8) is 0 Å². The third-order valence-electron chi connectivity index (χ3n) is 3.61. The van der Waals surface area contributed by atoms with Crippen LogP contribution in [0.4, 0.5) is 0 Å². The molecular weight excluding hydrogens is 272 g/mol. The highest BCUT2D eigenvalue weighted by atomic mass is 16.5. The van der Waals surface area contributed by atoms with Crippen LogP contribution in [0.1, 0.15) is 10.4 Å². The minimum absolute atomic E-state index is 0.0579. The van der Waals surface area contributed by atoms with Gasteiger partial charge < -0.3 is 20.3 Å². The summed E-state index contributed by atoms with van der Waals surface area (Å²) in [6.45, 7) is 1.28. The summed E-state index contributed by atoms with van der Waals surface area (Å²) in [7, 11) is 5.05. The van der Waals surface area contributed by atoms with Crippen molar-refractivity contribution in [2.24, 2.45) is 5.92 Å². The van der Waals surface area contributed by atoms with E-state index in [1.165, 1.54) is 13.3 Å². The van der Waals surface area contributed by atoms with Gasteiger partial charge in [-0.25, -0.2) is 4.98 Å². The average molecular weight is 292 g/mol. The quantitative estimate of drug-likeness (QED) is 0.781. The second-order valence-electron chi connectivity index (χ2n) is 5.11. The molecule has 2 amide bonds. The van der Waals surface area contributed by atoms with Gasteiger partial charge in [0.25, 0.3) is 5.91 Å². The number of rotatable bonds is 4. The van der Waals surface area contributed by atoms with Gasteiger partial charge in [-0.2, -0.15) is 0 Å². The van der Waals surface area contributed by atoms with E-state index in [2.05, 4.69) is 15.6 Å². The fourth-order valence-corrected chi connectivity index (χ4v) is 2.48. The molecule has 2 atom stereocenters. The van der Waals surface area contributed by atoms with Crippen LogP contribution in [0.3, 0.4) is 0 Å². The van der Waals surface area contributed by atoms with Crippen LogP contribution >= 0.6 is 0 Å². The van der Waals surface area contributed by atoms with Gasteiger partial charge in [0.15, 0.2) is 0 Å². The molecule has 1 fully saturated rings. The molecule has 2 heterocycles. The molecule has 0 bridgehead atoms. The van der Waals surface area contributed by atoms with Crippen molar-refractivity contribution in [1.82, 2.24) is 20.5 Å². The molecule has 1 aliphatic heterocycles. The molecule has 2 rings (SSSR count). The van der Waals surface area contributed by atoms with E-state index in [9.17, 15) is 9.59 Å². The van der Waals surface area contributed by atoms with Crippen LogP contribution in [0.5, 0.6) is 5.88 Å². The Morgan fingerprint density at radius 1 is 1.38 bits per heavy atom. The van der Waals surface area contributed by atoms with Crippen molar-refractivity contribution >= 4 is 11.8 Å². The van der Waals surface area contributed by atoms with Crippen molar-refractivity contribution in [1.29, 1.82) is 0 Å². The molecule has 0 unspecified atom stereocenters. The zero-order chi connectivity index (χ0) is 15.4. The molecule has 1 saturated heterocycles. The molecule has 1 aromatic heterocycles. The summed E-state index contributed by atoms with van der Waals surface area (Å²) in [5.41, 5.74) is 0.445. The van der Waals surface area contributed by atoms with E-state index in [1.807, 2.05) is 11.9 Å². The molecule has 1 aromatic rings. The van der Waals surface area contributed by atoms with Gasteiger partial charge in [-0.15, -0.1) is 0 Å². The predicted octanol–water partition coefficient (Wildman–Crippen LogP) is -0.504. The summed E-state index contributed by atoms with van der Waals surface area (Å²) in [6.07, 6.45) is 1.46. The number of amides is 2.